The van der Waals surface area contributed by atoms with Crippen molar-refractivity contribution in [2.75, 3.05) is 7.11 Å². The lowest BCUT2D eigenvalue weighted by Gasteiger charge is -2.09. The van der Waals surface area contributed by atoms with E-state index in [0.29, 0.717) is 16.5 Å². The number of ether oxygens (including phenoxy) is 1. The quantitative estimate of drug-likeness (QED) is 0.513. The number of benzene rings is 1. The van der Waals surface area contributed by atoms with Crippen molar-refractivity contribution in [1.29, 1.82) is 0 Å². The lowest BCUT2D eigenvalue weighted by atomic mass is 10.2. The third kappa shape index (κ3) is 3.49. The molecule has 0 fully saturated rings. The number of imidazole rings is 1. The number of nitrogens with zero attached hydrogens (tertiary/aromatic N) is 3. The molecule has 0 radical (unpaired) electrons. The number of aryl methyl sites for hydroxylation is 1. The van der Waals surface area contributed by atoms with Crippen molar-refractivity contribution in [3.05, 3.63) is 70.3 Å². The fraction of sp³-hybridized carbons (Fsp3) is 0.158. The van der Waals surface area contributed by atoms with Crippen molar-refractivity contribution in [3.63, 3.8) is 0 Å². The van der Waals surface area contributed by atoms with Gasteiger partial charge in [-0.3, -0.25) is 4.57 Å². The van der Waals surface area contributed by atoms with Gasteiger partial charge in [-0.15, -0.1) is 0 Å². The van der Waals surface area contributed by atoms with Gasteiger partial charge in [0.25, 0.3) is 0 Å². The van der Waals surface area contributed by atoms with Gasteiger partial charge in [-0.25, -0.2) is 14.4 Å². The first-order valence-electron chi connectivity index (χ1n) is 7.53. The van der Waals surface area contributed by atoms with Crippen LogP contribution in [0.3, 0.4) is 0 Å². The Bertz CT molecular complexity index is 1000. The molecule has 0 saturated carbocycles. The lowest BCUT2D eigenvalue weighted by molar-refractivity contribution is 0.386. The van der Waals surface area contributed by atoms with Gasteiger partial charge in [0.2, 0.25) is 0 Å². The summed E-state index contributed by atoms with van der Waals surface area (Å²) in [4.78, 5) is 8.41. The molecule has 0 spiro atoms. The number of rotatable bonds is 2. The minimum absolute atomic E-state index is 0.203. The molecule has 0 atom stereocenters. The third-order valence-electron chi connectivity index (χ3n) is 3.72. The van der Waals surface area contributed by atoms with Crippen LogP contribution in [0.5, 0.6) is 5.75 Å². The molecule has 0 bridgehead atoms. The summed E-state index contributed by atoms with van der Waals surface area (Å²) in [7, 11) is 1.44. The Labute approximate surface area is 150 Å². The van der Waals surface area contributed by atoms with E-state index in [9.17, 15) is 4.39 Å². The first-order valence-corrected chi connectivity index (χ1v) is 7.91. The zero-order chi connectivity index (χ0) is 18.0. The van der Waals surface area contributed by atoms with Gasteiger partial charge in [-0.2, -0.15) is 0 Å². The molecule has 0 aliphatic carbocycles. The molecule has 0 N–H and O–H groups in total. The first kappa shape index (κ1) is 17.0. The fourth-order valence-corrected chi connectivity index (χ4v) is 2.72. The Kier molecular flexibility index (Phi) is 4.73. The molecule has 3 aromatic rings. The monoisotopic (exact) mass is 355 g/mol. The van der Waals surface area contributed by atoms with Gasteiger partial charge < -0.3 is 4.74 Å². The molecule has 1 aromatic carbocycles. The van der Waals surface area contributed by atoms with Gasteiger partial charge in [0.1, 0.15) is 16.7 Å². The zero-order valence-corrected chi connectivity index (χ0v) is 14.7. The van der Waals surface area contributed by atoms with Crippen LogP contribution in [0.4, 0.5) is 4.39 Å². The average molecular weight is 356 g/mol. The number of methoxy groups -OCH3 is 1. The maximum atomic E-state index is 14.0. The number of aromatic nitrogens is 3. The van der Waals surface area contributed by atoms with Crippen molar-refractivity contribution >= 4 is 11.6 Å². The smallest absolute Gasteiger partial charge is 0.167 e. The molecule has 0 amide bonds. The standard InChI is InChI=1S/C19H15ClFN3O/c1-12-17(6-4-14-8-9-22-19(20)10-14)23-13(2)24(12)15-5-7-18(25-3)16(21)11-15/h5,7-11H,1-3H3. The van der Waals surface area contributed by atoms with E-state index in [-0.39, 0.29) is 5.75 Å². The van der Waals surface area contributed by atoms with E-state index < -0.39 is 5.82 Å². The molecule has 0 aliphatic rings. The first-order chi connectivity index (χ1) is 12.0. The van der Waals surface area contributed by atoms with Gasteiger partial charge in [-0.05, 0) is 44.0 Å². The molecule has 0 unspecified atom stereocenters. The number of pyridine rings is 1. The SMILES string of the molecule is COc1ccc(-n2c(C)nc(C#Cc3ccnc(Cl)c3)c2C)cc1F. The van der Waals surface area contributed by atoms with Gasteiger partial charge in [-0.1, -0.05) is 17.5 Å². The van der Waals surface area contributed by atoms with Crippen LogP contribution in [-0.2, 0) is 0 Å². The number of halogens is 2. The summed E-state index contributed by atoms with van der Waals surface area (Å²) >= 11 is 5.86. The molecular formula is C19H15ClFN3O. The molecule has 2 heterocycles. The highest BCUT2D eigenvalue weighted by Gasteiger charge is 2.13. The van der Waals surface area contributed by atoms with Crippen LogP contribution in [0.25, 0.3) is 5.69 Å². The molecule has 6 heteroatoms. The molecular weight excluding hydrogens is 341 g/mol. The van der Waals surface area contributed by atoms with Crippen LogP contribution in [0.2, 0.25) is 5.15 Å². The summed E-state index contributed by atoms with van der Waals surface area (Å²) in [5.74, 6) is 6.56. The van der Waals surface area contributed by atoms with Crippen LogP contribution in [0, 0.1) is 31.5 Å². The van der Waals surface area contributed by atoms with Crippen molar-refractivity contribution < 1.29 is 9.13 Å². The van der Waals surface area contributed by atoms with Crippen LogP contribution in [-0.4, -0.2) is 21.6 Å². The molecule has 4 nitrogen and oxygen atoms in total. The van der Waals surface area contributed by atoms with Crippen molar-refractivity contribution in [3.8, 4) is 23.3 Å². The predicted octanol–water partition coefficient (Wildman–Crippen LogP) is 4.09. The van der Waals surface area contributed by atoms with Crippen LogP contribution < -0.4 is 4.74 Å². The Balaban J connectivity index is 2.01. The molecule has 25 heavy (non-hydrogen) atoms. The summed E-state index contributed by atoms with van der Waals surface area (Å²) in [5, 5.41) is 0.388. The van der Waals surface area contributed by atoms with Gasteiger partial charge >= 0.3 is 0 Å². The molecule has 126 valence electrons. The topological polar surface area (TPSA) is 39.9 Å². The Morgan fingerprint density at radius 2 is 1.96 bits per heavy atom. The highest BCUT2D eigenvalue weighted by Crippen LogP contribution is 2.23. The molecule has 0 aliphatic heterocycles. The van der Waals surface area contributed by atoms with Gasteiger partial charge in [0.05, 0.1) is 18.5 Å². The highest BCUT2D eigenvalue weighted by molar-refractivity contribution is 6.29. The average Bonchev–Trinajstić information content (AvgIpc) is 2.87. The normalized spacial score (nSPS) is 10.3. The maximum absolute atomic E-state index is 14.0. The molecule has 2 aromatic heterocycles. The van der Waals surface area contributed by atoms with E-state index >= 15 is 0 Å². The third-order valence-corrected chi connectivity index (χ3v) is 3.93. The van der Waals surface area contributed by atoms with E-state index in [4.69, 9.17) is 16.3 Å². The summed E-state index contributed by atoms with van der Waals surface area (Å²) < 4.78 is 20.8. The molecule has 0 saturated heterocycles. The second-order valence-corrected chi connectivity index (χ2v) is 5.75. The van der Waals surface area contributed by atoms with Crippen molar-refractivity contribution in [2.45, 2.75) is 13.8 Å². The summed E-state index contributed by atoms with van der Waals surface area (Å²) in [6, 6.07) is 8.25. The van der Waals surface area contributed by atoms with Crippen molar-refractivity contribution in [2.24, 2.45) is 0 Å². The number of hydrogen-bond donors (Lipinski definition) is 0. The Morgan fingerprint density at radius 1 is 1.16 bits per heavy atom. The maximum Gasteiger partial charge on any atom is 0.167 e. The van der Waals surface area contributed by atoms with Crippen LogP contribution in [0.15, 0.2) is 36.5 Å². The largest absolute Gasteiger partial charge is 0.494 e. The fourth-order valence-electron chi connectivity index (χ4n) is 2.55. The lowest BCUT2D eigenvalue weighted by Crippen LogP contribution is -2.01. The molecule has 3 rings (SSSR count). The second-order valence-electron chi connectivity index (χ2n) is 5.36. The second kappa shape index (κ2) is 6.96. The highest BCUT2D eigenvalue weighted by atomic mass is 35.5. The van der Waals surface area contributed by atoms with E-state index in [1.54, 1.807) is 30.5 Å². The van der Waals surface area contributed by atoms with Crippen LogP contribution in [0.1, 0.15) is 22.8 Å². The Morgan fingerprint density at radius 3 is 2.64 bits per heavy atom. The summed E-state index contributed by atoms with van der Waals surface area (Å²) in [6.07, 6.45) is 1.60. The predicted molar refractivity (Wildman–Crippen MR) is 94.8 cm³/mol. The summed E-state index contributed by atoms with van der Waals surface area (Å²) in [6.45, 7) is 3.75. The zero-order valence-electron chi connectivity index (χ0n) is 14.0. The summed E-state index contributed by atoms with van der Waals surface area (Å²) in [5.41, 5.74) is 2.87. The van der Waals surface area contributed by atoms with Gasteiger partial charge in [0.15, 0.2) is 11.6 Å². The Hall–Kier alpha value is -2.84. The van der Waals surface area contributed by atoms with Crippen LogP contribution >= 0.6 is 11.6 Å². The number of hydrogen-bond acceptors (Lipinski definition) is 3. The van der Waals surface area contributed by atoms with E-state index in [0.717, 1.165) is 17.1 Å². The van der Waals surface area contributed by atoms with E-state index in [2.05, 4.69) is 21.8 Å². The van der Waals surface area contributed by atoms with E-state index in [1.165, 1.54) is 13.2 Å². The minimum atomic E-state index is -0.424. The van der Waals surface area contributed by atoms with E-state index in [1.807, 2.05) is 18.4 Å². The van der Waals surface area contributed by atoms with Crippen molar-refractivity contribution in [1.82, 2.24) is 14.5 Å². The van der Waals surface area contributed by atoms with Gasteiger partial charge in [0, 0.05) is 17.8 Å². The minimum Gasteiger partial charge on any atom is -0.494 e.